The van der Waals surface area contributed by atoms with Crippen LogP contribution in [0, 0.1) is 0 Å². The third-order valence-electron chi connectivity index (χ3n) is 4.24. The molecule has 1 atom stereocenters. The minimum Gasteiger partial charge on any atom is -0.484 e. The summed E-state index contributed by atoms with van der Waals surface area (Å²) in [7, 11) is 0. The Hall–Kier alpha value is -2.82. The molecule has 1 N–H and O–H groups in total. The zero-order valence-corrected chi connectivity index (χ0v) is 16.1. The molecule has 0 aliphatic carbocycles. The first-order chi connectivity index (χ1) is 13.2. The summed E-state index contributed by atoms with van der Waals surface area (Å²) in [6.45, 7) is 4.79. The van der Waals surface area contributed by atoms with E-state index in [1.165, 1.54) is 0 Å². The molecule has 27 heavy (non-hydrogen) atoms. The maximum Gasteiger partial charge on any atom is 0.261 e. The highest BCUT2D eigenvalue weighted by atomic mass is 16.5. The van der Waals surface area contributed by atoms with E-state index in [1.54, 1.807) is 17.0 Å². The van der Waals surface area contributed by atoms with Gasteiger partial charge in [-0.2, -0.15) is 0 Å². The van der Waals surface area contributed by atoms with Gasteiger partial charge in [0.1, 0.15) is 11.8 Å². The number of hydrogen-bond donors (Lipinski definition) is 1. The number of para-hydroxylation sites is 1. The van der Waals surface area contributed by atoms with Crippen LogP contribution in [0.25, 0.3) is 0 Å². The maximum absolute atomic E-state index is 12.9. The van der Waals surface area contributed by atoms with E-state index >= 15 is 0 Å². The number of ether oxygens (including phenoxy) is 1. The van der Waals surface area contributed by atoms with E-state index in [4.69, 9.17) is 4.74 Å². The van der Waals surface area contributed by atoms with Crippen molar-refractivity contribution < 1.29 is 14.3 Å². The topological polar surface area (TPSA) is 58.6 Å². The molecule has 0 bridgehead atoms. The maximum atomic E-state index is 12.9. The first kappa shape index (κ1) is 20.5. The summed E-state index contributed by atoms with van der Waals surface area (Å²) in [6, 6.07) is 18.4. The molecule has 0 fully saturated rings. The number of amides is 2. The fraction of sp³-hybridized carbons (Fsp3) is 0.364. The molecule has 2 rings (SSSR count). The van der Waals surface area contributed by atoms with Gasteiger partial charge < -0.3 is 15.0 Å². The first-order valence-electron chi connectivity index (χ1n) is 9.44. The van der Waals surface area contributed by atoms with Crippen molar-refractivity contribution in [2.24, 2.45) is 0 Å². The van der Waals surface area contributed by atoms with Gasteiger partial charge in [0.25, 0.3) is 5.91 Å². The van der Waals surface area contributed by atoms with Crippen LogP contribution in [0.5, 0.6) is 5.75 Å². The molecule has 2 aromatic rings. The van der Waals surface area contributed by atoms with Gasteiger partial charge in [0.15, 0.2) is 6.61 Å². The van der Waals surface area contributed by atoms with Gasteiger partial charge in [-0.05, 0) is 30.5 Å². The van der Waals surface area contributed by atoms with Crippen molar-refractivity contribution in [3.8, 4) is 5.75 Å². The van der Waals surface area contributed by atoms with Gasteiger partial charge in [-0.25, -0.2) is 0 Å². The molecular weight excluding hydrogens is 340 g/mol. The Kier molecular flexibility index (Phi) is 8.36. The standard InChI is InChI=1S/C22H28N2O3/c1-3-15-23-22(26)20(4-2)24(16-18-11-7-5-8-12-18)21(25)17-27-19-13-9-6-10-14-19/h5-14,20H,3-4,15-17H2,1-2H3,(H,23,26)/t20-/m1/s1. The molecular formula is C22H28N2O3. The smallest absolute Gasteiger partial charge is 0.261 e. The monoisotopic (exact) mass is 368 g/mol. The van der Waals surface area contributed by atoms with E-state index < -0.39 is 6.04 Å². The SMILES string of the molecule is CCCNC(=O)[C@@H](CC)N(Cc1ccccc1)C(=O)COc1ccccc1. The van der Waals surface area contributed by atoms with Gasteiger partial charge in [0, 0.05) is 13.1 Å². The summed E-state index contributed by atoms with van der Waals surface area (Å²) in [4.78, 5) is 27.1. The third-order valence-corrected chi connectivity index (χ3v) is 4.24. The van der Waals surface area contributed by atoms with Crippen LogP contribution in [0.2, 0.25) is 0 Å². The average molecular weight is 368 g/mol. The van der Waals surface area contributed by atoms with Gasteiger partial charge in [0.2, 0.25) is 5.91 Å². The van der Waals surface area contributed by atoms with Crippen molar-refractivity contribution >= 4 is 11.8 Å². The lowest BCUT2D eigenvalue weighted by molar-refractivity contribution is -0.143. The highest BCUT2D eigenvalue weighted by Gasteiger charge is 2.28. The Morgan fingerprint density at radius 3 is 2.22 bits per heavy atom. The molecule has 0 unspecified atom stereocenters. The second-order valence-electron chi connectivity index (χ2n) is 6.32. The minimum absolute atomic E-state index is 0.103. The Balaban J connectivity index is 2.14. The number of nitrogens with one attached hydrogen (secondary N) is 1. The van der Waals surface area contributed by atoms with Crippen LogP contribution >= 0.6 is 0 Å². The normalized spacial score (nSPS) is 11.5. The molecule has 0 saturated carbocycles. The number of nitrogens with zero attached hydrogens (tertiary/aromatic N) is 1. The summed E-state index contributed by atoms with van der Waals surface area (Å²) in [5, 5.41) is 2.90. The molecule has 0 saturated heterocycles. The van der Waals surface area contributed by atoms with E-state index in [0.717, 1.165) is 12.0 Å². The summed E-state index contributed by atoms with van der Waals surface area (Å²) >= 11 is 0. The molecule has 0 radical (unpaired) electrons. The second kappa shape index (κ2) is 11.0. The first-order valence-corrected chi connectivity index (χ1v) is 9.44. The van der Waals surface area contributed by atoms with Crippen LogP contribution in [0.1, 0.15) is 32.3 Å². The zero-order valence-electron chi connectivity index (χ0n) is 16.1. The summed E-state index contributed by atoms with van der Waals surface area (Å²) in [6.07, 6.45) is 1.39. The van der Waals surface area contributed by atoms with Crippen LogP contribution in [-0.4, -0.2) is 35.9 Å². The van der Waals surface area contributed by atoms with Crippen LogP contribution in [0.4, 0.5) is 0 Å². The third kappa shape index (κ3) is 6.44. The number of rotatable bonds is 10. The van der Waals surface area contributed by atoms with Crippen LogP contribution in [0.3, 0.4) is 0 Å². The number of hydrogen-bond acceptors (Lipinski definition) is 3. The van der Waals surface area contributed by atoms with Crippen LogP contribution < -0.4 is 10.1 Å². The molecule has 0 aromatic heterocycles. The largest absolute Gasteiger partial charge is 0.484 e. The summed E-state index contributed by atoms with van der Waals surface area (Å²) < 4.78 is 5.62. The predicted octanol–water partition coefficient (Wildman–Crippen LogP) is 3.40. The van der Waals surface area contributed by atoms with Crippen molar-refractivity contribution in [1.82, 2.24) is 10.2 Å². The Morgan fingerprint density at radius 1 is 1.00 bits per heavy atom. The second-order valence-corrected chi connectivity index (χ2v) is 6.32. The van der Waals surface area contributed by atoms with Crippen molar-refractivity contribution in [2.75, 3.05) is 13.2 Å². The highest BCUT2D eigenvalue weighted by molar-refractivity contribution is 5.88. The number of carbonyl (C=O) groups is 2. The van der Waals surface area contributed by atoms with Crippen molar-refractivity contribution in [3.63, 3.8) is 0 Å². The van der Waals surface area contributed by atoms with Crippen molar-refractivity contribution in [2.45, 2.75) is 39.3 Å². The lowest BCUT2D eigenvalue weighted by atomic mass is 10.1. The molecule has 2 aromatic carbocycles. The Morgan fingerprint density at radius 2 is 1.63 bits per heavy atom. The van der Waals surface area contributed by atoms with E-state index in [1.807, 2.05) is 62.4 Å². The zero-order chi connectivity index (χ0) is 19.5. The summed E-state index contributed by atoms with van der Waals surface area (Å²) in [5.41, 5.74) is 0.979. The number of carbonyl (C=O) groups excluding carboxylic acids is 2. The fourth-order valence-electron chi connectivity index (χ4n) is 2.81. The molecule has 0 aliphatic rings. The van der Waals surface area contributed by atoms with Gasteiger partial charge in [-0.3, -0.25) is 9.59 Å². The van der Waals surface area contributed by atoms with Crippen molar-refractivity contribution in [1.29, 1.82) is 0 Å². The number of benzene rings is 2. The average Bonchev–Trinajstić information content (AvgIpc) is 2.71. The van der Waals surface area contributed by atoms with Gasteiger partial charge in [0.05, 0.1) is 0 Å². The van der Waals surface area contributed by atoms with Crippen LogP contribution in [0.15, 0.2) is 60.7 Å². The Bertz CT molecular complexity index is 704. The van der Waals surface area contributed by atoms with Crippen LogP contribution in [-0.2, 0) is 16.1 Å². The minimum atomic E-state index is -0.524. The van der Waals surface area contributed by atoms with E-state index in [2.05, 4.69) is 5.32 Å². The molecule has 144 valence electrons. The van der Waals surface area contributed by atoms with Gasteiger partial charge in [-0.1, -0.05) is 62.4 Å². The molecule has 0 heterocycles. The van der Waals surface area contributed by atoms with Crippen molar-refractivity contribution in [3.05, 3.63) is 66.2 Å². The van der Waals surface area contributed by atoms with Gasteiger partial charge in [-0.15, -0.1) is 0 Å². The van der Waals surface area contributed by atoms with Gasteiger partial charge >= 0.3 is 0 Å². The summed E-state index contributed by atoms with van der Waals surface area (Å²) in [5.74, 6) is 0.304. The Labute approximate surface area is 161 Å². The molecule has 5 heteroatoms. The fourth-order valence-corrected chi connectivity index (χ4v) is 2.81. The predicted molar refractivity (Wildman–Crippen MR) is 106 cm³/mol. The lowest BCUT2D eigenvalue weighted by Gasteiger charge is -2.30. The molecule has 0 aliphatic heterocycles. The lowest BCUT2D eigenvalue weighted by Crippen LogP contribution is -2.50. The van der Waals surface area contributed by atoms with E-state index in [-0.39, 0.29) is 18.4 Å². The van der Waals surface area contributed by atoms with E-state index in [0.29, 0.717) is 25.3 Å². The molecule has 2 amide bonds. The quantitative estimate of drug-likeness (QED) is 0.699. The molecule has 0 spiro atoms. The highest BCUT2D eigenvalue weighted by Crippen LogP contribution is 2.14. The molecule has 5 nitrogen and oxygen atoms in total. The van der Waals surface area contributed by atoms with E-state index in [9.17, 15) is 9.59 Å².